The van der Waals surface area contributed by atoms with E-state index in [-0.39, 0.29) is 0 Å². The molecule has 4 saturated carbocycles. The van der Waals surface area contributed by atoms with Crippen LogP contribution in [0.3, 0.4) is 0 Å². The monoisotopic (exact) mass is 529 g/mol. The van der Waals surface area contributed by atoms with E-state index in [1.54, 1.807) is 0 Å². The molecule has 0 saturated heterocycles. The van der Waals surface area contributed by atoms with Crippen molar-refractivity contribution in [3.05, 3.63) is 11.6 Å². The number of allylic oxidation sites excluding steroid dienone is 2. The van der Waals surface area contributed by atoms with E-state index in [2.05, 4.69) is 75.3 Å². The SMILES string of the molecule is CC.CC.CC.CC1(C)CCC2(C)CCC3(C)C(=CCC4C5(C)CCC(C)(C)C(C)(C)C5CCC43C)C2C1. The minimum absolute atomic E-state index is 0.415. The first-order valence-electron chi connectivity index (χ1n) is 17.2. The molecule has 0 aromatic carbocycles. The maximum absolute atomic E-state index is 2.86. The molecular formula is C38H72. The van der Waals surface area contributed by atoms with E-state index >= 15 is 0 Å². The summed E-state index contributed by atoms with van der Waals surface area (Å²) >= 11 is 0. The molecule has 5 aliphatic rings. The molecule has 0 bridgehead atoms. The number of fused-ring (bicyclic) bond motifs is 7. The zero-order chi connectivity index (χ0) is 29.6. The molecule has 0 spiro atoms. The molecule has 4 fully saturated rings. The zero-order valence-corrected chi connectivity index (χ0v) is 29.4. The van der Waals surface area contributed by atoms with Crippen LogP contribution in [-0.4, -0.2) is 0 Å². The van der Waals surface area contributed by atoms with Gasteiger partial charge in [0.25, 0.3) is 0 Å². The summed E-state index contributed by atoms with van der Waals surface area (Å²) in [7, 11) is 0. The van der Waals surface area contributed by atoms with E-state index in [4.69, 9.17) is 0 Å². The second kappa shape index (κ2) is 11.2. The van der Waals surface area contributed by atoms with Crippen LogP contribution in [0.4, 0.5) is 0 Å². The van der Waals surface area contributed by atoms with Crippen LogP contribution in [0.5, 0.6) is 0 Å². The van der Waals surface area contributed by atoms with E-state index < -0.39 is 0 Å². The minimum atomic E-state index is 0.415. The molecule has 7 atom stereocenters. The third-order valence-electron chi connectivity index (χ3n) is 14.2. The largest absolute Gasteiger partial charge is 0.0841 e. The molecule has 38 heavy (non-hydrogen) atoms. The van der Waals surface area contributed by atoms with Crippen molar-refractivity contribution in [3.63, 3.8) is 0 Å². The second-order valence-corrected chi connectivity index (χ2v) is 16.5. The van der Waals surface area contributed by atoms with Gasteiger partial charge in [-0.25, -0.2) is 0 Å². The molecule has 0 aliphatic heterocycles. The molecular weight excluding hydrogens is 456 g/mol. The maximum Gasteiger partial charge on any atom is -0.00565 e. The van der Waals surface area contributed by atoms with Crippen molar-refractivity contribution >= 4 is 0 Å². The Labute approximate surface area is 242 Å². The van der Waals surface area contributed by atoms with Crippen LogP contribution in [0, 0.1) is 55.7 Å². The first-order chi connectivity index (χ1) is 17.5. The lowest BCUT2D eigenvalue weighted by molar-refractivity contribution is -0.206. The molecule has 0 amide bonds. The standard InChI is InChI=1S/C32H54.3C2H6/c1-26(2)15-17-29(7)18-20-31(9)22(23(29)21-26)11-12-25-30(8)19-16-27(3,4)28(5,6)24(30)13-14-32(25,31)10;3*1-2/h11,23-25H,12-21H2,1-10H3;3*1-2H3. The summed E-state index contributed by atoms with van der Waals surface area (Å²) in [6, 6.07) is 0. The summed E-state index contributed by atoms with van der Waals surface area (Å²) in [6.45, 7) is 38.4. The molecule has 0 aromatic rings. The highest BCUT2D eigenvalue weighted by Crippen LogP contribution is 2.77. The quantitative estimate of drug-likeness (QED) is 0.274. The van der Waals surface area contributed by atoms with Crippen LogP contribution < -0.4 is 0 Å². The molecule has 5 rings (SSSR count). The van der Waals surface area contributed by atoms with Crippen molar-refractivity contribution < 1.29 is 0 Å². The van der Waals surface area contributed by atoms with E-state index in [0.717, 1.165) is 17.8 Å². The summed E-state index contributed by atoms with van der Waals surface area (Å²) in [6.07, 6.45) is 17.2. The van der Waals surface area contributed by atoms with Crippen molar-refractivity contribution in [1.82, 2.24) is 0 Å². The van der Waals surface area contributed by atoms with Gasteiger partial charge in [-0.3, -0.25) is 0 Å². The lowest BCUT2D eigenvalue weighted by Gasteiger charge is -2.72. The summed E-state index contributed by atoms with van der Waals surface area (Å²) in [5.41, 5.74) is 5.29. The van der Waals surface area contributed by atoms with Crippen molar-refractivity contribution in [1.29, 1.82) is 0 Å². The van der Waals surface area contributed by atoms with Gasteiger partial charge < -0.3 is 0 Å². The van der Waals surface area contributed by atoms with Gasteiger partial charge in [-0.05, 0) is 120 Å². The Bertz CT molecular complexity index is 825. The van der Waals surface area contributed by atoms with Crippen molar-refractivity contribution in [2.24, 2.45) is 55.7 Å². The van der Waals surface area contributed by atoms with Gasteiger partial charge in [0.15, 0.2) is 0 Å². The van der Waals surface area contributed by atoms with Crippen molar-refractivity contribution in [2.75, 3.05) is 0 Å². The van der Waals surface area contributed by atoms with Gasteiger partial charge in [-0.2, -0.15) is 0 Å². The van der Waals surface area contributed by atoms with Gasteiger partial charge in [0.1, 0.15) is 0 Å². The lowest BCUT2D eigenvalue weighted by atomic mass is 9.32. The number of rotatable bonds is 0. The second-order valence-electron chi connectivity index (χ2n) is 16.5. The normalized spacial score (nSPS) is 45.3. The molecule has 5 aliphatic carbocycles. The Morgan fingerprint density at radius 3 is 1.74 bits per heavy atom. The Balaban J connectivity index is 0.000000791. The molecule has 0 nitrogen and oxygen atoms in total. The van der Waals surface area contributed by atoms with Crippen LogP contribution in [-0.2, 0) is 0 Å². The van der Waals surface area contributed by atoms with Gasteiger partial charge in [-0.15, -0.1) is 0 Å². The Hall–Kier alpha value is -0.260. The topological polar surface area (TPSA) is 0 Å². The summed E-state index contributed by atoms with van der Waals surface area (Å²) in [5.74, 6) is 2.56. The van der Waals surface area contributed by atoms with Gasteiger partial charge in [0.05, 0.1) is 0 Å². The van der Waals surface area contributed by atoms with E-state index in [1.165, 1.54) is 64.2 Å². The summed E-state index contributed by atoms with van der Waals surface area (Å²) in [5, 5.41) is 0. The van der Waals surface area contributed by atoms with E-state index in [9.17, 15) is 0 Å². The minimum Gasteiger partial charge on any atom is -0.0841 e. The summed E-state index contributed by atoms with van der Waals surface area (Å²) < 4.78 is 0. The maximum atomic E-state index is 2.86. The van der Waals surface area contributed by atoms with Gasteiger partial charge >= 0.3 is 0 Å². The van der Waals surface area contributed by atoms with Gasteiger partial charge in [-0.1, -0.05) is 122 Å². The van der Waals surface area contributed by atoms with Crippen molar-refractivity contribution in [2.45, 2.75) is 175 Å². The fraction of sp³-hybridized carbons (Fsp3) is 0.947. The highest BCUT2D eigenvalue weighted by atomic mass is 14.7. The van der Waals surface area contributed by atoms with Gasteiger partial charge in [0, 0.05) is 0 Å². The third-order valence-corrected chi connectivity index (χ3v) is 14.2. The van der Waals surface area contributed by atoms with Crippen LogP contribution >= 0.6 is 0 Å². The van der Waals surface area contributed by atoms with Crippen molar-refractivity contribution in [3.8, 4) is 0 Å². The molecule has 0 heteroatoms. The number of hydrogen-bond donors (Lipinski definition) is 0. The van der Waals surface area contributed by atoms with E-state index in [0.29, 0.717) is 37.9 Å². The van der Waals surface area contributed by atoms with Crippen LogP contribution in [0.2, 0.25) is 0 Å². The average molecular weight is 529 g/mol. The smallest absolute Gasteiger partial charge is 0.00565 e. The fourth-order valence-electron chi connectivity index (χ4n) is 10.8. The third kappa shape index (κ3) is 4.81. The first-order valence-corrected chi connectivity index (χ1v) is 17.2. The average Bonchev–Trinajstić information content (AvgIpc) is 2.87. The Kier molecular flexibility index (Phi) is 10.0. The Morgan fingerprint density at radius 1 is 0.605 bits per heavy atom. The molecule has 224 valence electrons. The predicted octanol–water partition coefficient (Wildman–Crippen LogP) is 12.9. The number of hydrogen-bond acceptors (Lipinski definition) is 0. The van der Waals surface area contributed by atoms with E-state index in [1.807, 2.05) is 47.1 Å². The van der Waals surface area contributed by atoms with Crippen LogP contribution in [0.25, 0.3) is 0 Å². The molecule has 0 aromatic heterocycles. The zero-order valence-electron chi connectivity index (χ0n) is 29.4. The fourth-order valence-corrected chi connectivity index (χ4v) is 10.8. The first kappa shape index (κ1) is 33.9. The van der Waals surface area contributed by atoms with Crippen LogP contribution in [0.1, 0.15) is 175 Å². The summed E-state index contributed by atoms with van der Waals surface area (Å²) in [4.78, 5) is 0. The molecule has 0 radical (unpaired) electrons. The highest BCUT2D eigenvalue weighted by Gasteiger charge is 2.68. The highest BCUT2D eigenvalue weighted by molar-refractivity contribution is 5.33. The lowest BCUT2D eigenvalue weighted by Crippen LogP contribution is -2.64. The predicted molar refractivity (Wildman–Crippen MR) is 173 cm³/mol. The molecule has 7 unspecified atom stereocenters. The molecule has 0 heterocycles. The molecule has 0 N–H and O–H groups in total. The van der Waals surface area contributed by atoms with Crippen LogP contribution in [0.15, 0.2) is 11.6 Å². The van der Waals surface area contributed by atoms with Gasteiger partial charge in [0.2, 0.25) is 0 Å². The Morgan fingerprint density at radius 2 is 1.16 bits per heavy atom.